The Morgan fingerprint density at radius 3 is 2.75 bits per heavy atom. The number of hydrogen-bond acceptors (Lipinski definition) is 5. The predicted molar refractivity (Wildman–Crippen MR) is 68.4 cm³/mol. The molecular formula is C12H15FN2O5. The second-order valence-corrected chi connectivity index (χ2v) is 4.09. The van der Waals surface area contributed by atoms with Crippen molar-refractivity contribution in [1.29, 1.82) is 0 Å². The minimum Gasteiger partial charge on any atom is -0.488 e. The van der Waals surface area contributed by atoms with E-state index in [0.717, 1.165) is 6.07 Å². The summed E-state index contributed by atoms with van der Waals surface area (Å²) in [6, 6.07) is 0.960. The van der Waals surface area contributed by atoms with Crippen LogP contribution in [0.1, 0.15) is 12.5 Å². The van der Waals surface area contributed by atoms with Crippen LogP contribution < -0.4 is 10.1 Å². The molecule has 1 atom stereocenters. The van der Waals surface area contributed by atoms with E-state index in [1.54, 1.807) is 6.92 Å². The quantitative estimate of drug-likeness (QED) is 0.581. The fraction of sp³-hybridized carbons (Fsp3) is 0.417. The first-order valence-electron chi connectivity index (χ1n) is 5.90. The number of hydrogen-bond donors (Lipinski definition) is 2. The van der Waals surface area contributed by atoms with Crippen molar-refractivity contribution in [2.75, 3.05) is 13.2 Å². The van der Waals surface area contributed by atoms with Gasteiger partial charge in [0.25, 0.3) is 5.69 Å². The highest BCUT2D eigenvalue weighted by molar-refractivity contribution is 5.73. The van der Waals surface area contributed by atoms with Gasteiger partial charge in [-0.25, -0.2) is 4.39 Å². The van der Waals surface area contributed by atoms with Crippen LogP contribution in [0.4, 0.5) is 10.1 Å². The summed E-state index contributed by atoms with van der Waals surface area (Å²) in [6.07, 6.45) is 0. The van der Waals surface area contributed by atoms with E-state index in [-0.39, 0.29) is 23.6 Å². The Hall–Kier alpha value is -2.22. The van der Waals surface area contributed by atoms with Crippen molar-refractivity contribution >= 4 is 11.7 Å². The number of halogens is 1. The summed E-state index contributed by atoms with van der Waals surface area (Å²) in [7, 11) is 0. The van der Waals surface area contributed by atoms with E-state index in [1.807, 2.05) is 0 Å². The molecule has 110 valence electrons. The molecule has 1 rings (SSSR count). The van der Waals surface area contributed by atoms with Crippen LogP contribution in [0.3, 0.4) is 0 Å². The second-order valence-electron chi connectivity index (χ2n) is 4.09. The Labute approximate surface area is 114 Å². The van der Waals surface area contributed by atoms with Crippen LogP contribution in [-0.2, 0) is 4.79 Å². The van der Waals surface area contributed by atoms with Gasteiger partial charge >= 0.3 is 5.97 Å². The van der Waals surface area contributed by atoms with Crippen molar-refractivity contribution in [3.05, 3.63) is 33.6 Å². The Morgan fingerprint density at radius 1 is 1.60 bits per heavy atom. The number of nitrogens with zero attached hydrogens (tertiary/aromatic N) is 1. The summed E-state index contributed by atoms with van der Waals surface area (Å²) < 4.78 is 18.7. The summed E-state index contributed by atoms with van der Waals surface area (Å²) in [6.45, 7) is 3.31. The summed E-state index contributed by atoms with van der Waals surface area (Å²) in [4.78, 5) is 20.8. The molecule has 0 saturated heterocycles. The molecule has 0 spiro atoms. The highest BCUT2D eigenvalue weighted by Crippen LogP contribution is 2.27. The lowest BCUT2D eigenvalue weighted by Gasteiger charge is -2.15. The molecule has 0 radical (unpaired) electrons. The van der Waals surface area contributed by atoms with Gasteiger partial charge in [-0.2, -0.15) is 0 Å². The number of aliphatic carboxylic acids is 1. The number of aryl methyl sites for hydroxylation is 1. The monoisotopic (exact) mass is 286 g/mol. The normalized spacial score (nSPS) is 11.9. The van der Waals surface area contributed by atoms with Gasteiger partial charge in [0.15, 0.2) is 11.6 Å². The zero-order valence-electron chi connectivity index (χ0n) is 11.1. The number of ether oxygens (including phenoxy) is 1. The molecule has 1 aromatic rings. The first kappa shape index (κ1) is 15.8. The number of rotatable bonds is 7. The molecule has 7 nitrogen and oxygen atoms in total. The first-order chi connectivity index (χ1) is 9.36. The number of nitro groups is 1. The molecule has 0 heterocycles. The Morgan fingerprint density at radius 2 is 2.25 bits per heavy atom. The van der Waals surface area contributed by atoms with Crippen molar-refractivity contribution in [1.82, 2.24) is 5.32 Å². The summed E-state index contributed by atoms with van der Waals surface area (Å²) in [5.74, 6) is -2.23. The van der Waals surface area contributed by atoms with Crippen LogP contribution in [0.2, 0.25) is 0 Å². The van der Waals surface area contributed by atoms with Crippen LogP contribution in [0.25, 0.3) is 0 Å². The third kappa shape index (κ3) is 3.89. The minimum atomic E-state index is -1.12. The number of carbonyl (C=O) groups is 1. The van der Waals surface area contributed by atoms with E-state index in [4.69, 9.17) is 9.84 Å². The maximum Gasteiger partial charge on any atom is 0.324 e. The minimum absolute atomic E-state index is 0.211. The Balaban J connectivity index is 2.85. The number of nitro benzene ring substituents is 1. The number of carboxylic acids is 1. The molecule has 1 unspecified atom stereocenters. The zero-order chi connectivity index (χ0) is 15.3. The van der Waals surface area contributed by atoms with Crippen LogP contribution >= 0.6 is 0 Å². The molecule has 1 aromatic carbocycles. The van der Waals surface area contributed by atoms with E-state index in [9.17, 15) is 19.3 Å². The topological polar surface area (TPSA) is 102 Å². The molecule has 20 heavy (non-hydrogen) atoms. The van der Waals surface area contributed by atoms with Gasteiger partial charge in [-0.05, 0) is 19.5 Å². The summed E-state index contributed by atoms with van der Waals surface area (Å²) >= 11 is 0. The lowest BCUT2D eigenvalue weighted by atomic mass is 10.2. The molecule has 0 saturated carbocycles. The van der Waals surface area contributed by atoms with E-state index in [1.165, 1.54) is 13.0 Å². The molecule has 0 aliphatic rings. The van der Waals surface area contributed by atoms with Gasteiger partial charge in [-0.15, -0.1) is 0 Å². The van der Waals surface area contributed by atoms with Crippen LogP contribution in [0.15, 0.2) is 12.1 Å². The van der Waals surface area contributed by atoms with Gasteiger partial charge in [0, 0.05) is 5.56 Å². The van der Waals surface area contributed by atoms with Gasteiger partial charge in [0.05, 0.1) is 11.0 Å². The second kappa shape index (κ2) is 6.80. The molecule has 0 aliphatic carbocycles. The molecule has 0 aromatic heterocycles. The van der Waals surface area contributed by atoms with Crippen molar-refractivity contribution in [2.24, 2.45) is 0 Å². The molecule has 0 fully saturated rings. The standard InChI is InChI=1S/C12H15FN2O5/c1-3-14-9(12(16)17)6-20-11-4-7(2)10(15(18)19)5-8(11)13/h4-5,9,14H,3,6H2,1-2H3,(H,16,17). The van der Waals surface area contributed by atoms with E-state index >= 15 is 0 Å². The summed E-state index contributed by atoms with van der Waals surface area (Å²) in [5, 5.41) is 22.2. The first-order valence-corrected chi connectivity index (χ1v) is 5.90. The van der Waals surface area contributed by atoms with Gasteiger partial charge in [-0.1, -0.05) is 6.92 Å². The number of nitrogens with one attached hydrogen (secondary N) is 1. The maximum absolute atomic E-state index is 13.6. The van der Waals surface area contributed by atoms with Gasteiger partial charge < -0.3 is 15.2 Å². The SMILES string of the molecule is CCNC(COc1cc(C)c([N+](=O)[O-])cc1F)C(=O)O. The summed E-state index contributed by atoms with van der Waals surface area (Å²) in [5.41, 5.74) is -0.113. The Bertz CT molecular complexity index is 521. The van der Waals surface area contributed by atoms with E-state index < -0.39 is 22.8 Å². The van der Waals surface area contributed by atoms with Gasteiger partial charge in [0.1, 0.15) is 12.6 Å². The van der Waals surface area contributed by atoms with Gasteiger partial charge in [0.2, 0.25) is 0 Å². The average Bonchev–Trinajstić information content (AvgIpc) is 2.36. The molecule has 0 aliphatic heterocycles. The molecule has 8 heteroatoms. The highest BCUT2D eigenvalue weighted by atomic mass is 19.1. The van der Waals surface area contributed by atoms with E-state index in [0.29, 0.717) is 6.54 Å². The largest absolute Gasteiger partial charge is 0.488 e. The fourth-order valence-corrected chi connectivity index (χ4v) is 1.59. The molecule has 2 N–H and O–H groups in total. The van der Waals surface area contributed by atoms with Crippen LogP contribution in [-0.4, -0.2) is 35.2 Å². The van der Waals surface area contributed by atoms with Gasteiger partial charge in [-0.3, -0.25) is 14.9 Å². The Kier molecular flexibility index (Phi) is 5.39. The number of carboxylic acid groups (broad SMARTS) is 1. The van der Waals surface area contributed by atoms with Crippen LogP contribution in [0.5, 0.6) is 5.75 Å². The number of likely N-dealkylation sites (N-methyl/N-ethyl adjacent to an activating group) is 1. The smallest absolute Gasteiger partial charge is 0.324 e. The third-order valence-corrected chi connectivity index (χ3v) is 2.60. The molecule has 0 bridgehead atoms. The van der Waals surface area contributed by atoms with Crippen molar-refractivity contribution in [2.45, 2.75) is 19.9 Å². The van der Waals surface area contributed by atoms with E-state index in [2.05, 4.69) is 5.32 Å². The molecular weight excluding hydrogens is 271 g/mol. The third-order valence-electron chi connectivity index (χ3n) is 2.60. The van der Waals surface area contributed by atoms with Crippen molar-refractivity contribution in [3.63, 3.8) is 0 Å². The molecule has 0 amide bonds. The fourth-order valence-electron chi connectivity index (χ4n) is 1.59. The maximum atomic E-state index is 13.6. The zero-order valence-corrected chi connectivity index (χ0v) is 11.1. The van der Waals surface area contributed by atoms with Crippen molar-refractivity contribution in [3.8, 4) is 5.75 Å². The van der Waals surface area contributed by atoms with Crippen LogP contribution in [0, 0.1) is 22.9 Å². The average molecular weight is 286 g/mol. The highest BCUT2D eigenvalue weighted by Gasteiger charge is 2.20. The number of benzene rings is 1. The van der Waals surface area contributed by atoms with Crippen molar-refractivity contribution < 1.29 is 24.0 Å². The predicted octanol–water partition coefficient (Wildman–Crippen LogP) is 1.48. The lowest BCUT2D eigenvalue weighted by molar-refractivity contribution is -0.385. The lowest BCUT2D eigenvalue weighted by Crippen LogP contribution is -2.41.